The Morgan fingerprint density at radius 1 is 1.18 bits per heavy atom. The third kappa shape index (κ3) is 4.95. The van der Waals surface area contributed by atoms with Gasteiger partial charge in [-0.1, -0.05) is 41.6 Å². The van der Waals surface area contributed by atoms with Crippen LogP contribution in [-0.2, 0) is 17.6 Å². The maximum Gasteiger partial charge on any atom is 0.318 e. The molecule has 2 N–H and O–H groups in total. The zero-order chi connectivity index (χ0) is 19.9. The minimum Gasteiger partial charge on any atom is -0.497 e. The first-order chi connectivity index (χ1) is 13.6. The molecule has 0 unspecified atom stereocenters. The van der Waals surface area contributed by atoms with Crippen LogP contribution >= 0.6 is 0 Å². The smallest absolute Gasteiger partial charge is 0.318 e. The van der Waals surface area contributed by atoms with E-state index in [0.717, 1.165) is 16.9 Å². The molecule has 0 radical (unpaired) electrons. The Bertz CT molecular complexity index is 972. The number of ketones is 1. The van der Waals surface area contributed by atoms with Gasteiger partial charge in [-0.2, -0.15) is 4.98 Å². The molecule has 7 heteroatoms. The van der Waals surface area contributed by atoms with Crippen LogP contribution in [0, 0.1) is 6.57 Å². The van der Waals surface area contributed by atoms with Crippen molar-refractivity contribution in [2.24, 2.45) is 0 Å². The molecule has 7 nitrogen and oxygen atoms in total. The van der Waals surface area contributed by atoms with Crippen LogP contribution in [0.4, 0.5) is 11.7 Å². The summed E-state index contributed by atoms with van der Waals surface area (Å²) >= 11 is 0. The van der Waals surface area contributed by atoms with Crippen LogP contribution in [0.1, 0.15) is 29.3 Å². The molecule has 0 bridgehead atoms. The summed E-state index contributed by atoms with van der Waals surface area (Å²) in [5.74, 6) is 0.995. The van der Waals surface area contributed by atoms with Crippen LogP contribution in [0.2, 0.25) is 0 Å². The largest absolute Gasteiger partial charge is 0.497 e. The summed E-state index contributed by atoms with van der Waals surface area (Å²) in [6.07, 6.45) is 1.12. The molecule has 0 aliphatic rings. The van der Waals surface area contributed by atoms with E-state index in [1.54, 1.807) is 31.4 Å². The highest BCUT2D eigenvalue weighted by Gasteiger charge is 2.22. The zero-order valence-electron chi connectivity index (χ0n) is 15.5. The van der Waals surface area contributed by atoms with Crippen molar-refractivity contribution in [2.45, 2.75) is 25.2 Å². The van der Waals surface area contributed by atoms with E-state index in [2.05, 4.69) is 15.0 Å². The number of hydrogen-bond donors (Lipinski definition) is 1. The van der Waals surface area contributed by atoms with Gasteiger partial charge in [-0.3, -0.25) is 4.79 Å². The second kappa shape index (κ2) is 8.82. The Labute approximate surface area is 163 Å². The summed E-state index contributed by atoms with van der Waals surface area (Å²) in [7, 11) is 1.61. The van der Waals surface area contributed by atoms with Gasteiger partial charge < -0.3 is 15.0 Å². The van der Waals surface area contributed by atoms with Crippen LogP contribution in [0.5, 0.6) is 5.75 Å². The first kappa shape index (κ1) is 19.1. The summed E-state index contributed by atoms with van der Waals surface area (Å²) in [6, 6.07) is 14.7. The second-order valence-electron chi connectivity index (χ2n) is 6.44. The lowest BCUT2D eigenvalue weighted by Crippen LogP contribution is -2.13. The van der Waals surface area contributed by atoms with Crippen LogP contribution in [0.25, 0.3) is 4.85 Å². The van der Waals surface area contributed by atoms with Crippen molar-refractivity contribution in [3.63, 3.8) is 0 Å². The number of rotatable bonds is 8. The van der Waals surface area contributed by atoms with Gasteiger partial charge in [0.2, 0.25) is 0 Å². The fraction of sp³-hybridized carbons (Fsp3) is 0.238. The van der Waals surface area contributed by atoms with Crippen molar-refractivity contribution >= 4 is 17.5 Å². The van der Waals surface area contributed by atoms with Gasteiger partial charge in [-0.05, 0) is 29.7 Å². The average molecular weight is 376 g/mol. The van der Waals surface area contributed by atoms with Gasteiger partial charge >= 0.3 is 6.01 Å². The Morgan fingerprint density at radius 2 is 1.86 bits per heavy atom. The summed E-state index contributed by atoms with van der Waals surface area (Å²) in [5, 5.41) is 3.91. The summed E-state index contributed by atoms with van der Waals surface area (Å²) in [6.45, 7) is 6.99. The van der Waals surface area contributed by atoms with Gasteiger partial charge in [0, 0.05) is 18.8 Å². The number of nitrogen functional groups attached to an aromatic ring is 1. The van der Waals surface area contributed by atoms with Crippen LogP contribution in [-0.4, -0.2) is 23.0 Å². The molecule has 0 spiro atoms. The van der Waals surface area contributed by atoms with Crippen molar-refractivity contribution in [3.05, 3.63) is 76.9 Å². The fourth-order valence-corrected chi connectivity index (χ4v) is 2.98. The van der Waals surface area contributed by atoms with E-state index >= 15 is 0 Å². The van der Waals surface area contributed by atoms with Crippen molar-refractivity contribution in [1.82, 2.24) is 10.1 Å². The van der Waals surface area contributed by atoms with E-state index in [4.69, 9.17) is 21.6 Å². The minimum atomic E-state index is -0.246. The molecule has 0 aliphatic carbocycles. The van der Waals surface area contributed by atoms with Gasteiger partial charge in [-0.15, -0.1) is 0 Å². The monoisotopic (exact) mass is 376 g/mol. The Kier molecular flexibility index (Phi) is 6.02. The molecule has 0 fully saturated rings. The van der Waals surface area contributed by atoms with Crippen molar-refractivity contribution in [3.8, 4) is 5.75 Å². The molecule has 0 aliphatic heterocycles. The van der Waals surface area contributed by atoms with Crippen molar-refractivity contribution < 1.29 is 14.1 Å². The number of nitrogens with zero attached hydrogens (tertiary/aromatic N) is 3. The third-order valence-electron chi connectivity index (χ3n) is 4.40. The third-order valence-corrected chi connectivity index (χ3v) is 4.40. The molecule has 2 aromatic carbocycles. The number of carbonyl (C=O) groups excluding carboxylic acids is 1. The number of Topliss-reactive ketones (excluding diaryl/α,β-unsaturated/α-hetero) is 1. The molecule has 142 valence electrons. The number of aromatic nitrogens is 2. The molecule has 28 heavy (non-hydrogen) atoms. The van der Waals surface area contributed by atoms with E-state index in [-0.39, 0.29) is 30.6 Å². The van der Waals surface area contributed by atoms with E-state index in [9.17, 15) is 4.79 Å². The van der Waals surface area contributed by atoms with Crippen LogP contribution in [0.15, 0.2) is 53.1 Å². The lowest BCUT2D eigenvalue weighted by Gasteiger charge is -2.13. The molecule has 3 rings (SSSR count). The lowest BCUT2D eigenvalue weighted by atomic mass is 9.91. The molecule has 1 heterocycles. The van der Waals surface area contributed by atoms with Crippen molar-refractivity contribution in [2.75, 3.05) is 12.8 Å². The Morgan fingerprint density at radius 3 is 2.43 bits per heavy atom. The number of benzene rings is 2. The maximum absolute atomic E-state index is 12.7. The standard InChI is InChI=1S/C21H20N4O3/c1-23-17-7-3-15(4-8-17)12-18(26)13-16(20-24-21(22)28-25-20)11-14-5-9-19(27-2)10-6-14/h3-10,16H,11-13H2,2H3,(H2,22,24,25)/t16-/m1/s1. The molecule has 0 saturated carbocycles. The minimum absolute atomic E-state index is 0.0167. The second-order valence-corrected chi connectivity index (χ2v) is 6.44. The van der Waals surface area contributed by atoms with Gasteiger partial charge in [0.25, 0.3) is 0 Å². The number of carbonyl (C=O) groups is 1. The number of ether oxygens (including phenoxy) is 1. The summed E-state index contributed by atoms with van der Waals surface area (Å²) < 4.78 is 10.1. The molecule has 3 aromatic rings. The first-order valence-corrected chi connectivity index (χ1v) is 8.77. The zero-order valence-corrected chi connectivity index (χ0v) is 15.5. The normalized spacial score (nSPS) is 11.6. The van der Waals surface area contributed by atoms with E-state index in [1.807, 2.05) is 24.3 Å². The molecule has 1 atom stereocenters. The summed E-state index contributed by atoms with van der Waals surface area (Å²) in [5.41, 5.74) is 8.01. The Balaban J connectivity index is 1.72. The van der Waals surface area contributed by atoms with E-state index in [1.165, 1.54) is 0 Å². The molecule has 1 aromatic heterocycles. The number of nitrogens with two attached hydrogens (primary N) is 1. The highest BCUT2D eigenvalue weighted by atomic mass is 16.5. The van der Waals surface area contributed by atoms with Gasteiger partial charge in [0.15, 0.2) is 11.5 Å². The number of anilines is 1. The van der Waals surface area contributed by atoms with E-state index < -0.39 is 0 Å². The number of hydrogen-bond acceptors (Lipinski definition) is 6. The summed E-state index contributed by atoms with van der Waals surface area (Å²) in [4.78, 5) is 20.1. The highest BCUT2D eigenvalue weighted by molar-refractivity contribution is 5.81. The first-order valence-electron chi connectivity index (χ1n) is 8.77. The van der Waals surface area contributed by atoms with Gasteiger partial charge in [-0.25, -0.2) is 4.85 Å². The fourth-order valence-electron chi connectivity index (χ4n) is 2.98. The van der Waals surface area contributed by atoms with E-state index in [0.29, 0.717) is 17.9 Å². The maximum atomic E-state index is 12.7. The molecular weight excluding hydrogens is 356 g/mol. The molecule has 0 saturated heterocycles. The van der Waals surface area contributed by atoms with Gasteiger partial charge in [0.05, 0.1) is 13.7 Å². The molecular formula is C21H20N4O3. The Hall–Kier alpha value is -3.66. The molecule has 0 amide bonds. The lowest BCUT2D eigenvalue weighted by molar-refractivity contribution is -0.118. The predicted octanol–water partition coefficient (Wildman–Crippen LogP) is 3.74. The topological polar surface area (TPSA) is 95.6 Å². The van der Waals surface area contributed by atoms with Crippen molar-refractivity contribution in [1.29, 1.82) is 0 Å². The average Bonchev–Trinajstić information content (AvgIpc) is 3.15. The van der Waals surface area contributed by atoms with Crippen LogP contribution < -0.4 is 10.5 Å². The highest BCUT2D eigenvalue weighted by Crippen LogP contribution is 2.25. The predicted molar refractivity (Wildman–Crippen MR) is 104 cm³/mol. The van der Waals surface area contributed by atoms with Crippen LogP contribution in [0.3, 0.4) is 0 Å². The van der Waals surface area contributed by atoms with Gasteiger partial charge in [0.1, 0.15) is 11.5 Å². The number of methoxy groups -OCH3 is 1. The quantitative estimate of drug-likeness (QED) is 0.602. The SMILES string of the molecule is [C-]#[N+]c1ccc(CC(=O)C[C@@H](Cc2ccc(OC)cc2)c2noc(N)n2)cc1.